The van der Waals surface area contributed by atoms with Gasteiger partial charge in [0.15, 0.2) is 12.4 Å². The molecule has 0 spiro atoms. The van der Waals surface area contributed by atoms with Crippen molar-refractivity contribution in [2.75, 3.05) is 11.5 Å². The second-order valence-corrected chi connectivity index (χ2v) is 4.74. The lowest BCUT2D eigenvalue weighted by Gasteiger charge is -2.04. The number of carbonyl (C=O) groups excluding carboxylic acids is 1. The summed E-state index contributed by atoms with van der Waals surface area (Å²) in [5.74, 6) is -0.0466. The Bertz CT molecular complexity index is 538. The van der Waals surface area contributed by atoms with Crippen LogP contribution in [0.25, 0.3) is 0 Å². The van der Waals surface area contributed by atoms with E-state index in [1.165, 1.54) is 0 Å². The smallest absolute Gasteiger partial charge is 0.306 e. The van der Waals surface area contributed by atoms with E-state index in [0.717, 1.165) is 4.88 Å². The molecule has 0 aliphatic rings. The molecule has 2 rings (SSSR count). The summed E-state index contributed by atoms with van der Waals surface area (Å²) in [7, 11) is 0. The Kier molecular flexibility index (Phi) is 4.24. The van der Waals surface area contributed by atoms with E-state index >= 15 is 0 Å². The third kappa shape index (κ3) is 4.18. The number of ether oxygens (including phenoxy) is 1. The van der Waals surface area contributed by atoms with E-state index in [1.54, 1.807) is 11.3 Å². The van der Waals surface area contributed by atoms with E-state index in [1.807, 2.05) is 17.5 Å². The Morgan fingerprint density at radius 2 is 2.00 bits per heavy atom. The highest BCUT2D eigenvalue weighted by atomic mass is 32.1. The van der Waals surface area contributed by atoms with Crippen LogP contribution in [-0.4, -0.2) is 20.9 Å². The predicted octanol–water partition coefficient (Wildman–Crippen LogP) is 0.773. The van der Waals surface area contributed by atoms with Gasteiger partial charge in [0.2, 0.25) is 11.9 Å². The number of carbonyl (C=O) groups is 1. The normalized spacial score (nSPS) is 10.3. The number of anilines is 2. The predicted molar refractivity (Wildman–Crippen MR) is 71.1 cm³/mol. The van der Waals surface area contributed by atoms with Crippen LogP contribution in [0.1, 0.15) is 17.1 Å². The Morgan fingerprint density at radius 1 is 1.26 bits per heavy atom. The van der Waals surface area contributed by atoms with Crippen molar-refractivity contribution in [3.05, 3.63) is 28.2 Å². The Balaban J connectivity index is 1.79. The first kappa shape index (κ1) is 13.2. The van der Waals surface area contributed by atoms with E-state index in [2.05, 4.69) is 15.0 Å². The van der Waals surface area contributed by atoms with Crippen LogP contribution in [-0.2, 0) is 22.6 Å². The van der Waals surface area contributed by atoms with Gasteiger partial charge in [0.05, 0.1) is 6.42 Å². The topological polar surface area (TPSA) is 117 Å². The fourth-order valence-electron chi connectivity index (χ4n) is 1.42. The number of thiophene rings is 1. The van der Waals surface area contributed by atoms with E-state index in [4.69, 9.17) is 16.2 Å². The molecule has 0 aromatic carbocycles. The van der Waals surface area contributed by atoms with Gasteiger partial charge in [-0.1, -0.05) is 6.07 Å². The molecule has 2 aromatic rings. The molecule has 8 heteroatoms. The largest absolute Gasteiger partial charge is 0.457 e. The quantitative estimate of drug-likeness (QED) is 0.776. The number of hydrogen-bond donors (Lipinski definition) is 2. The van der Waals surface area contributed by atoms with Gasteiger partial charge >= 0.3 is 5.97 Å². The van der Waals surface area contributed by atoms with Crippen LogP contribution in [0.4, 0.5) is 11.9 Å². The maximum atomic E-state index is 11.5. The minimum atomic E-state index is -0.314. The van der Waals surface area contributed by atoms with Gasteiger partial charge in [0.1, 0.15) is 0 Å². The van der Waals surface area contributed by atoms with Crippen molar-refractivity contribution in [2.24, 2.45) is 0 Å². The molecule has 2 heterocycles. The molecule has 0 saturated heterocycles. The maximum absolute atomic E-state index is 11.5. The monoisotopic (exact) mass is 279 g/mol. The zero-order valence-corrected chi connectivity index (χ0v) is 10.9. The third-order valence-electron chi connectivity index (χ3n) is 2.23. The van der Waals surface area contributed by atoms with Gasteiger partial charge in [-0.25, -0.2) is 0 Å². The molecule has 0 saturated carbocycles. The first-order valence-electron chi connectivity index (χ1n) is 5.57. The van der Waals surface area contributed by atoms with Crippen LogP contribution in [0.3, 0.4) is 0 Å². The summed E-state index contributed by atoms with van der Waals surface area (Å²) in [5.41, 5.74) is 10.8. The van der Waals surface area contributed by atoms with E-state index in [0.29, 0.717) is 12.8 Å². The van der Waals surface area contributed by atoms with Gasteiger partial charge in [0, 0.05) is 4.88 Å². The average molecular weight is 279 g/mol. The van der Waals surface area contributed by atoms with Crippen LogP contribution >= 0.6 is 11.3 Å². The van der Waals surface area contributed by atoms with Gasteiger partial charge in [-0.2, -0.15) is 15.0 Å². The molecular weight excluding hydrogens is 266 g/mol. The van der Waals surface area contributed by atoms with E-state index in [9.17, 15) is 4.79 Å². The van der Waals surface area contributed by atoms with Crippen molar-refractivity contribution < 1.29 is 9.53 Å². The molecule has 0 radical (unpaired) electrons. The zero-order valence-electron chi connectivity index (χ0n) is 10.1. The summed E-state index contributed by atoms with van der Waals surface area (Å²) in [6.07, 6.45) is 0.981. The van der Waals surface area contributed by atoms with Crippen LogP contribution in [0.2, 0.25) is 0 Å². The first-order valence-corrected chi connectivity index (χ1v) is 6.45. The molecule has 0 bridgehead atoms. The lowest BCUT2D eigenvalue weighted by molar-refractivity contribution is -0.145. The van der Waals surface area contributed by atoms with E-state index < -0.39 is 0 Å². The minimum Gasteiger partial charge on any atom is -0.457 e. The molecule has 0 amide bonds. The summed E-state index contributed by atoms with van der Waals surface area (Å²) in [6, 6.07) is 3.92. The van der Waals surface area contributed by atoms with Gasteiger partial charge in [-0.3, -0.25) is 4.79 Å². The molecule has 0 unspecified atom stereocenters. The number of nitrogen functional groups attached to an aromatic ring is 2. The summed E-state index contributed by atoms with van der Waals surface area (Å²) in [4.78, 5) is 23.9. The standard InChI is InChI=1S/C11H13N5O2S/c12-10-14-8(15-11(13)16-10)6-18-9(17)4-3-7-2-1-5-19-7/h1-2,5H,3-4,6H2,(H4,12,13,14,15,16). The molecular formula is C11H13N5O2S. The summed E-state index contributed by atoms with van der Waals surface area (Å²) in [6.45, 7) is -0.0554. The average Bonchev–Trinajstić information content (AvgIpc) is 2.86. The fraction of sp³-hybridized carbons (Fsp3) is 0.273. The van der Waals surface area contributed by atoms with Crippen LogP contribution in [0.5, 0.6) is 0 Å². The Labute approximate surface area is 113 Å². The summed E-state index contributed by atoms with van der Waals surface area (Å²) in [5, 5.41) is 1.97. The number of aromatic nitrogens is 3. The lowest BCUT2D eigenvalue weighted by Crippen LogP contribution is -2.11. The number of aryl methyl sites for hydroxylation is 1. The zero-order chi connectivity index (χ0) is 13.7. The van der Waals surface area contributed by atoms with Crippen molar-refractivity contribution in [1.82, 2.24) is 15.0 Å². The minimum absolute atomic E-state index is 0.0112. The molecule has 2 aromatic heterocycles. The number of nitrogens with two attached hydrogens (primary N) is 2. The van der Waals surface area contributed by atoms with Gasteiger partial charge in [0.25, 0.3) is 0 Å². The van der Waals surface area contributed by atoms with Crippen LogP contribution in [0.15, 0.2) is 17.5 Å². The summed E-state index contributed by atoms with van der Waals surface area (Å²) < 4.78 is 5.04. The molecule has 4 N–H and O–H groups in total. The first-order chi connectivity index (χ1) is 9.13. The number of hydrogen-bond acceptors (Lipinski definition) is 8. The second kappa shape index (κ2) is 6.10. The Morgan fingerprint density at radius 3 is 2.63 bits per heavy atom. The second-order valence-electron chi connectivity index (χ2n) is 3.71. The van der Waals surface area contributed by atoms with Crippen molar-refractivity contribution in [1.29, 1.82) is 0 Å². The molecule has 19 heavy (non-hydrogen) atoms. The molecule has 0 fully saturated rings. The molecule has 0 aliphatic heterocycles. The Hall–Kier alpha value is -2.22. The fourth-order valence-corrected chi connectivity index (χ4v) is 2.13. The molecule has 0 aliphatic carbocycles. The van der Waals surface area contributed by atoms with Crippen molar-refractivity contribution in [3.8, 4) is 0 Å². The van der Waals surface area contributed by atoms with Gasteiger partial charge in [-0.05, 0) is 17.9 Å². The lowest BCUT2D eigenvalue weighted by atomic mass is 10.3. The number of nitrogens with zero attached hydrogens (tertiary/aromatic N) is 3. The van der Waals surface area contributed by atoms with Gasteiger partial charge in [-0.15, -0.1) is 11.3 Å². The number of rotatable bonds is 5. The van der Waals surface area contributed by atoms with Crippen LogP contribution < -0.4 is 11.5 Å². The third-order valence-corrected chi connectivity index (χ3v) is 3.17. The highest BCUT2D eigenvalue weighted by molar-refractivity contribution is 7.09. The van der Waals surface area contributed by atoms with Gasteiger partial charge < -0.3 is 16.2 Å². The highest BCUT2D eigenvalue weighted by Crippen LogP contribution is 2.11. The molecule has 0 atom stereocenters. The van der Waals surface area contributed by atoms with Crippen LogP contribution in [0, 0.1) is 0 Å². The highest BCUT2D eigenvalue weighted by Gasteiger charge is 2.07. The maximum Gasteiger partial charge on any atom is 0.306 e. The van der Waals surface area contributed by atoms with Crippen molar-refractivity contribution in [3.63, 3.8) is 0 Å². The number of esters is 1. The SMILES string of the molecule is Nc1nc(N)nc(COC(=O)CCc2cccs2)n1. The van der Waals surface area contributed by atoms with Crippen molar-refractivity contribution >= 4 is 29.2 Å². The summed E-state index contributed by atoms with van der Waals surface area (Å²) >= 11 is 1.61. The molecule has 100 valence electrons. The van der Waals surface area contributed by atoms with Crippen molar-refractivity contribution in [2.45, 2.75) is 19.4 Å². The van der Waals surface area contributed by atoms with E-state index in [-0.39, 0.29) is 30.3 Å². The molecule has 7 nitrogen and oxygen atoms in total.